The van der Waals surface area contributed by atoms with Crippen molar-refractivity contribution in [2.24, 2.45) is 5.92 Å². The maximum absolute atomic E-state index is 10.7. The number of aryl methyl sites for hydroxylation is 1. The highest BCUT2D eigenvalue weighted by Crippen LogP contribution is 2.23. The van der Waals surface area contributed by atoms with Gasteiger partial charge in [0.2, 0.25) is 6.54 Å². The minimum absolute atomic E-state index is 0.205. The van der Waals surface area contributed by atoms with E-state index in [-0.39, 0.29) is 23.3 Å². The summed E-state index contributed by atoms with van der Waals surface area (Å²) in [5, 5.41) is 10.6. The Hall–Kier alpha value is -1.71. The second-order valence-corrected chi connectivity index (χ2v) is 4.03. The van der Waals surface area contributed by atoms with E-state index in [1.807, 2.05) is 31.2 Å². The van der Waals surface area contributed by atoms with Crippen LogP contribution in [-0.2, 0) is 4.79 Å². The lowest BCUT2D eigenvalue weighted by Crippen LogP contribution is -2.20. The Morgan fingerprint density at radius 2 is 1.94 bits per heavy atom. The molecule has 0 aliphatic carbocycles. The van der Waals surface area contributed by atoms with Gasteiger partial charge in [-0.2, -0.15) is 0 Å². The van der Waals surface area contributed by atoms with Gasteiger partial charge in [-0.1, -0.05) is 36.8 Å². The molecule has 0 spiro atoms. The summed E-state index contributed by atoms with van der Waals surface area (Å²) in [7, 11) is 0. The third kappa shape index (κ3) is 3.15. The maximum atomic E-state index is 10.7. The molecule has 0 saturated carbocycles. The van der Waals surface area contributed by atoms with Crippen molar-refractivity contribution in [1.82, 2.24) is 0 Å². The molecule has 4 heteroatoms. The zero-order chi connectivity index (χ0) is 12.1. The van der Waals surface area contributed by atoms with Crippen LogP contribution in [0.2, 0.25) is 0 Å². The van der Waals surface area contributed by atoms with E-state index < -0.39 is 0 Å². The molecule has 0 N–H and O–H groups in total. The average molecular weight is 221 g/mol. The molecule has 16 heavy (non-hydrogen) atoms. The molecular weight excluding hydrogens is 206 g/mol. The van der Waals surface area contributed by atoms with Crippen molar-refractivity contribution in [3.05, 3.63) is 45.5 Å². The second kappa shape index (κ2) is 5.39. The van der Waals surface area contributed by atoms with Gasteiger partial charge in [0.15, 0.2) is 0 Å². The van der Waals surface area contributed by atoms with E-state index in [0.29, 0.717) is 0 Å². The Kier molecular flexibility index (Phi) is 4.17. The number of hydrogen-bond acceptors (Lipinski definition) is 3. The van der Waals surface area contributed by atoms with Gasteiger partial charge in [0.05, 0.1) is 5.92 Å². The van der Waals surface area contributed by atoms with Gasteiger partial charge in [0, 0.05) is 10.8 Å². The Morgan fingerprint density at radius 1 is 1.38 bits per heavy atom. The van der Waals surface area contributed by atoms with Crippen molar-refractivity contribution in [3.63, 3.8) is 0 Å². The van der Waals surface area contributed by atoms with Gasteiger partial charge in [-0.05, 0) is 12.5 Å². The Labute approximate surface area is 94.4 Å². The summed E-state index contributed by atoms with van der Waals surface area (Å²) in [4.78, 5) is 20.9. The minimum Gasteiger partial charge on any atom is -0.303 e. The lowest BCUT2D eigenvalue weighted by molar-refractivity contribution is -0.484. The van der Waals surface area contributed by atoms with Crippen molar-refractivity contribution in [2.75, 3.05) is 6.54 Å². The predicted octanol–water partition coefficient (Wildman–Crippen LogP) is 2.19. The predicted molar refractivity (Wildman–Crippen MR) is 61.0 cm³/mol. The quantitative estimate of drug-likeness (QED) is 0.435. The number of aldehydes is 1. The van der Waals surface area contributed by atoms with Crippen LogP contribution in [-0.4, -0.2) is 17.8 Å². The largest absolute Gasteiger partial charge is 0.303 e. The standard InChI is InChI=1S/C12H15NO3/c1-9-3-5-11(6-4-9)12(7-13(15)16)10(2)8-14/h3-6,8,10,12H,7H2,1-2H3/t10-,12-/m1/s1. The number of hydrogen-bond donors (Lipinski definition) is 0. The van der Waals surface area contributed by atoms with E-state index in [4.69, 9.17) is 0 Å². The summed E-state index contributed by atoms with van der Waals surface area (Å²) < 4.78 is 0. The van der Waals surface area contributed by atoms with E-state index in [0.717, 1.165) is 17.4 Å². The molecule has 0 saturated heterocycles. The van der Waals surface area contributed by atoms with E-state index in [1.54, 1.807) is 6.92 Å². The minimum atomic E-state index is -0.371. The molecule has 0 radical (unpaired) electrons. The maximum Gasteiger partial charge on any atom is 0.211 e. The van der Waals surface area contributed by atoms with E-state index in [2.05, 4.69) is 0 Å². The first-order valence-corrected chi connectivity index (χ1v) is 5.18. The summed E-state index contributed by atoms with van der Waals surface area (Å²) in [6.45, 7) is 3.46. The van der Waals surface area contributed by atoms with Crippen LogP contribution < -0.4 is 0 Å². The normalized spacial score (nSPS) is 14.1. The van der Waals surface area contributed by atoms with Crippen molar-refractivity contribution in [3.8, 4) is 0 Å². The monoisotopic (exact) mass is 221 g/mol. The fourth-order valence-corrected chi connectivity index (χ4v) is 1.64. The van der Waals surface area contributed by atoms with Crippen molar-refractivity contribution < 1.29 is 9.72 Å². The molecule has 4 nitrogen and oxygen atoms in total. The Bertz CT molecular complexity index is 372. The highest BCUT2D eigenvalue weighted by Gasteiger charge is 2.23. The van der Waals surface area contributed by atoms with Crippen LogP contribution in [0.3, 0.4) is 0 Å². The number of carbonyl (C=O) groups excluding carboxylic acids is 1. The summed E-state index contributed by atoms with van der Waals surface area (Å²) in [5.74, 6) is -0.679. The molecule has 0 fully saturated rings. The molecule has 0 unspecified atom stereocenters. The van der Waals surface area contributed by atoms with Gasteiger partial charge in [-0.3, -0.25) is 10.1 Å². The van der Waals surface area contributed by atoms with Gasteiger partial charge in [-0.15, -0.1) is 0 Å². The topological polar surface area (TPSA) is 60.2 Å². The summed E-state index contributed by atoms with van der Waals surface area (Å²) in [5.41, 5.74) is 1.95. The third-order valence-electron chi connectivity index (χ3n) is 2.70. The zero-order valence-electron chi connectivity index (χ0n) is 9.42. The van der Waals surface area contributed by atoms with E-state index in [1.165, 1.54) is 0 Å². The lowest BCUT2D eigenvalue weighted by atomic mass is 9.88. The first kappa shape index (κ1) is 12.4. The van der Waals surface area contributed by atoms with Gasteiger partial charge in [-0.25, -0.2) is 0 Å². The summed E-state index contributed by atoms with van der Waals surface area (Å²) in [6.07, 6.45) is 0.772. The Morgan fingerprint density at radius 3 is 2.38 bits per heavy atom. The molecule has 1 aromatic carbocycles. The van der Waals surface area contributed by atoms with Gasteiger partial charge in [0.25, 0.3) is 0 Å². The molecule has 0 aliphatic heterocycles. The number of rotatable bonds is 5. The smallest absolute Gasteiger partial charge is 0.211 e. The molecule has 0 amide bonds. The average Bonchev–Trinajstić information content (AvgIpc) is 2.26. The molecule has 0 aromatic heterocycles. The van der Waals surface area contributed by atoms with Crippen molar-refractivity contribution in [2.45, 2.75) is 19.8 Å². The number of nitro groups is 1. The van der Waals surface area contributed by atoms with Crippen LogP contribution in [0, 0.1) is 23.0 Å². The van der Waals surface area contributed by atoms with Crippen LogP contribution in [0.15, 0.2) is 24.3 Å². The van der Waals surface area contributed by atoms with Crippen LogP contribution >= 0.6 is 0 Å². The molecule has 0 aliphatic rings. The molecule has 86 valence electrons. The second-order valence-electron chi connectivity index (χ2n) is 4.03. The summed E-state index contributed by atoms with van der Waals surface area (Å²) in [6, 6.07) is 7.51. The third-order valence-corrected chi connectivity index (χ3v) is 2.70. The van der Waals surface area contributed by atoms with Gasteiger partial charge in [0.1, 0.15) is 6.29 Å². The molecule has 2 atom stereocenters. The van der Waals surface area contributed by atoms with Crippen molar-refractivity contribution >= 4 is 6.29 Å². The molecule has 1 aromatic rings. The highest BCUT2D eigenvalue weighted by molar-refractivity contribution is 5.55. The highest BCUT2D eigenvalue weighted by atomic mass is 16.6. The molecule has 1 rings (SSSR count). The molecule has 0 heterocycles. The van der Waals surface area contributed by atoms with E-state index >= 15 is 0 Å². The van der Waals surface area contributed by atoms with Crippen molar-refractivity contribution in [1.29, 1.82) is 0 Å². The lowest BCUT2D eigenvalue weighted by Gasteiger charge is -2.16. The van der Waals surface area contributed by atoms with Crippen LogP contribution in [0.1, 0.15) is 24.0 Å². The number of benzene rings is 1. The van der Waals surface area contributed by atoms with Crippen LogP contribution in [0.4, 0.5) is 0 Å². The summed E-state index contributed by atoms with van der Waals surface area (Å²) >= 11 is 0. The Balaban J connectivity index is 2.95. The fourth-order valence-electron chi connectivity index (χ4n) is 1.64. The number of nitrogens with zero attached hydrogens (tertiary/aromatic N) is 1. The number of carbonyl (C=O) groups is 1. The first-order valence-electron chi connectivity index (χ1n) is 5.18. The van der Waals surface area contributed by atoms with Crippen LogP contribution in [0.5, 0.6) is 0 Å². The van der Waals surface area contributed by atoms with E-state index in [9.17, 15) is 14.9 Å². The molecular formula is C12H15NO3. The van der Waals surface area contributed by atoms with Crippen LogP contribution in [0.25, 0.3) is 0 Å². The van der Waals surface area contributed by atoms with Gasteiger partial charge >= 0.3 is 0 Å². The molecule has 0 bridgehead atoms. The first-order chi connectivity index (χ1) is 7.54. The zero-order valence-corrected chi connectivity index (χ0v) is 9.42. The van der Waals surface area contributed by atoms with Gasteiger partial charge < -0.3 is 4.79 Å². The fraction of sp³-hybridized carbons (Fsp3) is 0.417. The SMILES string of the molecule is Cc1ccc([C@H](C[N+](=O)[O-])[C@H](C)C=O)cc1.